The van der Waals surface area contributed by atoms with Crippen molar-refractivity contribution in [3.8, 4) is 0 Å². The Balaban J connectivity index is 1.82. The number of hydrogen-bond acceptors (Lipinski definition) is 2. The Morgan fingerprint density at radius 2 is 1.45 bits per heavy atom. The first-order valence-electron chi connectivity index (χ1n) is 9.07. The average Bonchev–Trinajstić information content (AvgIpc) is 2.87. The number of rotatable bonds is 12. The first-order chi connectivity index (χ1) is 9.74. The number of unbranched alkanes of at least 4 members (excludes halogenated alkanes) is 9. The summed E-state index contributed by atoms with van der Waals surface area (Å²) in [7, 11) is 0. The molecule has 1 saturated heterocycles. The number of aliphatic hydroxyl groups excluding tert-OH is 1. The molecule has 3 atom stereocenters. The van der Waals surface area contributed by atoms with Gasteiger partial charge in [0.1, 0.15) is 0 Å². The van der Waals surface area contributed by atoms with Crippen molar-refractivity contribution in [3.63, 3.8) is 0 Å². The molecular weight excluding hydrogens is 248 g/mol. The standard InChI is InChI=1S/C18H36O2/c1-3-4-5-6-7-8-9-10-11-12-13-17(19)18-15-14-16(2)20-18/h16-19H,3-15H2,1-2H3. The van der Waals surface area contributed by atoms with Crippen LogP contribution in [-0.4, -0.2) is 23.4 Å². The molecule has 0 amide bonds. The zero-order chi connectivity index (χ0) is 14.6. The van der Waals surface area contributed by atoms with Gasteiger partial charge in [-0.3, -0.25) is 0 Å². The minimum atomic E-state index is -0.228. The van der Waals surface area contributed by atoms with Crippen LogP contribution < -0.4 is 0 Å². The third kappa shape index (κ3) is 8.26. The van der Waals surface area contributed by atoms with E-state index in [1.165, 1.54) is 57.8 Å². The van der Waals surface area contributed by atoms with Crippen LogP contribution in [0.3, 0.4) is 0 Å². The van der Waals surface area contributed by atoms with E-state index in [4.69, 9.17) is 4.74 Å². The van der Waals surface area contributed by atoms with Crippen LogP contribution in [0.15, 0.2) is 0 Å². The third-order valence-corrected chi connectivity index (χ3v) is 4.55. The lowest BCUT2D eigenvalue weighted by Gasteiger charge is -2.18. The molecule has 0 aliphatic carbocycles. The number of aliphatic hydroxyl groups is 1. The van der Waals surface area contributed by atoms with Crippen LogP contribution in [0.2, 0.25) is 0 Å². The third-order valence-electron chi connectivity index (χ3n) is 4.55. The summed E-state index contributed by atoms with van der Waals surface area (Å²) in [4.78, 5) is 0. The first-order valence-corrected chi connectivity index (χ1v) is 9.07. The van der Waals surface area contributed by atoms with Gasteiger partial charge in [-0.2, -0.15) is 0 Å². The molecule has 0 bridgehead atoms. The second-order valence-corrected chi connectivity index (χ2v) is 6.60. The van der Waals surface area contributed by atoms with E-state index < -0.39 is 0 Å². The molecule has 1 N–H and O–H groups in total. The van der Waals surface area contributed by atoms with E-state index in [0.29, 0.717) is 6.10 Å². The first kappa shape index (κ1) is 18.0. The molecule has 1 rings (SSSR count). The minimum absolute atomic E-state index is 0.114. The van der Waals surface area contributed by atoms with E-state index in [-0.39, 0.29) is 12.2 Å². The molecule has 1 aliphatic heterocycles. The Hall–Kier alpha value is -0.0800. The van der Waals surface area contributed by atoms with Crippen molar-refractivity contribution in [2.24, 2.45) is 0 Å². The normalized spacial score (nSPS) is 24.1. The van der Waals surface area contributed by atoms with Gasteiger partial charge in [0.2, 0.25) is 0 Å². The molecule has 1 aliphatic rings. The molecule has 120 valence electrons. The molecule has 0 spiro atoms. The quantitative estimate of drug-likeness (QED) is 0.497. The van der Waals surface area contributed by atoms with Gasteiger partial charge in [0.15, 0.2) is 0 Å². The second kappa shape index (κ2) is 11.6. The molecule has 1 fully saturated rings. The molecule has 0 aromatic rings. The molecule has 0 radical (unpaired) electrons. The summed E-state index contributed by atoms with van der Waals surface area (Å²) >= 11 is 0. The summed E-state index contributed by atoms with van der Waals surface area (Å²) < 4.78 is 5.72. The molecule has 2 nitrogen and oxygen atoms in total. The van der Waals surface area contributed by atoms with E-state index in [1.54, 1.807) is 0 Å². The van der Waals surface area contributed by atoms with Crippen LogP contribution >= 0.6 is 0 Å². The fourth-order valence-electron chi connectivity index (χ4n) is 3.14. The Kier molecular flexibility index (Phi) is 10.4. The Labute approximate surface area is 126 Å². The summed E-state index contributed by atoms with van der Waals surface area (Å²) in [5.74, 6) is 0. The van der Waals surface area contributed by atoms with E-state index in [2.05, 4.69) is 13.8 Å². The molecule has 1 heterocycles. The number of ether oxygens (including phenoxy) is 1. The Bertz CT molecular complexity index is 217. The summed E-state index contributed by atoms with van der Waals surface area (Å²) in [5, 5.41) is 10.1. The van der Waals surface area contributed by atoms with Crippen molar-refractivity contribution in [2.75, 3.05) is 0 Å². The van der Waals surface area contributed by atoms with Crippen molar-refractivity contribution in [2.45, 2.75) is 116 Å². The molecule has 0 aromatic carbocycles. The van der Waals surface area contributed by atoms with Gasteiger partial charge in [-0.1, -0.05) is 71.1 Å². The largest absolute Gasteiger partial charge is 0.390 e. The highest BCUT2D eigenvalue weighted by Gasteiger charge is 2.27. The van der Waals surface area contributed by atoms with Gasteiger partial charge in [-0.15, -0.1) is 0 Å². The molecule has 20 heavy (non-hydrogen) atoms. The van der Waals surface area contributed by atoms with Crippen molar-refractivity contribution in [1.82, 2.24) is 0 Å². The van der Waals surface area contributed by atoms with Gasteiger partial charge in [0, 0.05) is 0 Å². The van der Waals surface area contributed by atoms with Gasteiger partial charge in [0.25, 0.3) is 0 Å². The van der Waals surface area contributed by atoms with E-state index in [0.717, 1.165) is 25.7 Å². The van der Waals surface area contributed by atoms with Gasteiger partial charge >= 0.3 is 0 Å². The van der Waals surface area contributed by atoms with Gasteiger partial charge < -0.3 is 9.84 Å². The summed E-state index contributed by atoms with van der Waals surface area (Å²) in [6.45, 7) is 4.37. The zero-order valence-electron chi connectivity index (χ0n) is 13.8. The fourth-order valence-corrected chi connectivity index (χ4v) is 3.14. The van der Waals surface area contributed by atoms with Crippen LogP contribution in [0.1, 0.15) is 97.3 Å². The van der Waals surface area contributed by atoms with E-state index in [1.807, 2.05) is 0 Å². The highest BCUT2D eigenvalue weighted by atomic mass is 16.5. The maximum absolute atomic E-state index is 10.1. The van der Waals surface area contributed by atoms with Crippen molar-refractivity contribution >= 4 is 0 Å². The van der Waals surface area contributed by atoms with Crippen molar-refractivity contribution in [1.29, 1.82) is 0 Å². The lowest BCUT2D eigenvalue weighted by molar-refractivity contribution is -0.0322. The smallest absolute Gasteiger partial charge is 0.0838 e. The van der Waals surface area contributed by atoms with Crippen LogP contribution in [0.5, 0.6) is 0 Å². The fraction of sp³-hybridized carbons (Fsp3) is 1.00. The Morgan fingerprint density at radius 1 is 0.900 bits per heavy atom. The van der Waals surface area contributed by atoms with Crippen LogP contribution in [-0.2, 0) is 4.74 Å². The van der Waals surface area contributed by atoms with Crippen molar-refractivity contribution in [3.05, 3.63) is 0 Å². The molecule has 2 heteroatoms. The summed E-state index contributed by atoms with van der Waals surface area (Å²) in [6, 6.07) is 0. The topological polar surface area (TPSA) is 29.5 Å². The summed E-state index contributed by atoms with van der Waals surface area (Å²) in [6.07, 6.45) is 16.8. The molecular formula is C18H36O2. The molecule has 0 saturated carbocycles. The predicted molar refractivity (Wildman–Crippen MR) is 86.0 cm³/mol. The molecule has 0 aromatic heterocycles. The van der Waals surface area contributed by atoms with Crippen LogP contribution in [0.4, 0.5) is 0 Å². The average molecular weight is 284 g/mol. The SMILES string of the molecule is CCCCCCCCCCCCC(O)C1CCC(C)O1. The second-order valence-electron chi connectivity index (χ2n) is 6.60. The zero-order valence-corrected chi connectivity index (χ0v) is 13.8. The van der Waals surface area contributed by atoms with E-state index in [9.17, 15) is 5.11 Å². The highest BCUT2D eigenvalue weighted by molar-refractivity contribution is 4.77. The maximum atomic E-state index is 10.1. The lowest BCUT2D eigenvalue weighted by atomic mass is 10.0. The number of hydrogen-bond donors (Lipinski definition) is 1. The van der Waals surface area contributed by atoms with Gasteiger partial charge in [0.05, 0.1) is 18.3 Å². The molecule has 3 unspecified atom stereocenters. The van der Waals surface area contributed by atoms with Crippen LogP contribution in [0, 0.1) is 0 Å². The Morgan fingerprint density at radius 3 is 1.95 bits per heavy atom. The van der Waals surface area contributed by atoms with Crippen LogP contribution in [0.25, 0.3) is 0 Å². The van der Waals surface area contributed by atoms with Gasteiger partial charge in [-0.25, -0.2) is 0 Å². The monoisotopic (exact) mass is 284 g/mol. The van der Waals surface area contributed by atoms with Crippen molar-refractivity contribution < 1.29 is 9.84 Å². The predicted octanol–water partition coefficient (Wildman–Crippen LogP) is 5.23. The van der Waals surface area contributed by atoms with E-state index >= 15 is 0 Å². The van der Waals surface area contributed by atoms with Gasteiger partial charge in [-0.05, 0) is 26.2 Å². The summed E-state index contributed by atoms with van der Waals surface area (Å²) in [5.41, 5.74) is 0. The maximum Gasteiger partial charge on any atom is 0.0838 e. The highest BCUT2D eigenvalue weighted by Crippen LogP contribution is 2.24. The lowest BCUT2D eigenvalue weighted by Crippen LogP contribution is -2.25. The minimum Gasteiger partial charge on any atom is -0.390 e.